The van der Waals surface area contributed by atoms with Crippen LogP contribution >= 0.6 is 0 Å². The molecule has 2 aliphatic carbocycles. The van der Waals surface area contributed by atoms with Gasteiger partial charge in [0.2, 0.25) is 0 Å². The second-order valence-electron chi connectivity index (χ2n) is 7.49. The van der Waals surface area contributed by atoms with Crippen molar-refractivity contribution in [2.45, 2.75) is 78.7 Å². The lowest BCUT2D eigenvalue weighted by atomic mass is 9.61. The van der Waals surface area contributed by atoms with Crippen molar-refractivity contribution in [3.63, 3.8) is 0 Å². The first-order valence-electron chi connectivity index (χ1n) is 8.29. The van der Waals surface area contributed by atoms with Crippen LogP contribution in [0.3, 0.4) is 0 Å². The summed E-state index contributed by atoms with van der Waals surface area (Å²) in [4.78, 5) is 0. The first-order chi connectivity index (χ1) is 8.55. The third kappa shape index (κ3) is 2.92. The Bertz CT molecular complexity index is 252. The monoisotopic (exact) mass is 251 g/mol. The Kier molecular flexibility index (Phi) is 4.75. The van der Waals surface area contributed by atoms with Crippen molar-refractivity contribution >= 4 is 0 Å². The molecule has 0 bridgehead atoms. The summed E-state index contributed by atoms with van der Waals surface area (Å²) in [5, 5.41) is 3.79. The predicted octanol–water partition coefficient (Wildman–Crippen LogP) is 4.62. The molecule has 0 aliphatic heterocycles. The maximum Gasteiger partial charge on any atom is 0.0103 e. The molecule has 0 saturated heterocycles. The Hall–Kier alpha value is -0.0400. The van der Waals surface area contributed by atoms with E-state index in [1.807, 2.05) is 0 Å². The Morgan fingerprint density at radius 3 is 2.33 bits per heavy atom. The molecule has 0 radical (unpaired) electrons. The second-order valence-corrected chi connectivity index (χ2v) is 7.49. The van der Waals surface area contributed by atoms with E-state index in [4.69, 9.17) is 0 Å². The average molecular weight is 251 g/mol. The lowest BCUT2D eigenvalue weighted by Crippen LogP contribution is -2.48. The summed E-state index contributed by atoms with van der Waals surface area (Å²) in [7, 11) is 0. The molecule has 0 aromatic carbocycles. The van der Waals surface area contributed by atoms with Crippen molar-refractivity contribution in [1.29, 1.82) is 0 Å². The zero-order valence-corrected chi connectivity index (χ0v) is 13.0. The lowest BCUT2D eigenvalue weighted by Gasteiger charge is -2.47. The first kappa shape index (κ1) is 14.4. The van der Waals surface area contributed by atoms with E-state index in [1.54, 1.807) is 0 Å². The summed E-state index contributed by atoms with van der Waals surface area (Å²) < 4.78 is 0. The Labute approximate surface area is 114 Å². The Morgan fingerprint density at radius 1 is 1.06 bits per heavy atom. The summed E-state index contributed by atoms with van der Waals surface area (Å²) in [6, 6.07) is 0.773. The summed E-state index contributed by atoms with van der Waals surface area (Å²) in [6.07, 6.45) is 10.2. The van der Waals surface area contributed by atoms with Gasteiger partial charge in [0, 0.05) is 6.04 Å². The summed E-state index contributed by atoms with van der Waals surface area (Å²) >= 11 is 0. The minimum Gasteiger partial charge on any atom is -0.314 e. The fourth-order valence-electron chi connectivity index (χ4n) is 4.73. The molecule has 0 aromatic heterocycles. The van der Waals surface area contributed by atoms with Gasteiger partial charge in [-0.2, -0.15) is 0 Å². The van der Waals surface area contributed by atoms with Crippen molar-refractivity contribution in [3.8, 4) is 0 Å². The number of hydrogen-bond donors (Lipinski definition) is 1. The second kappa shape index (κ2) is 5.94. The SMILES string of the molecule is CCNC1CC(C)CCC1C(C)(C)C1CCCC1. The highest BCUT2D eigenvalue weighted by molar-refractivity contribution is 4.95. The van der Waals surface area contributed by atoms with Gasteiger partial charge in [0.15, 0.2) is 0 Å². The highest BCUT2D eigenvalue weighted by Gasteiger charge is 2.43. The van der Waals surface area contributed by atoms with E-state index >= 15 is 0 Å². The highest BCUT2D eigenvalue weighted by atomic mass is 14.9. The molecule has 1 heteroatoms. The van der Waals surface area contributed by atoms with Gasteiger partial charge in [-0.1, -0.05) is 47.0 Å². The Morgan fingerprint density at radius 2 is 1.72 bits per heavy atom. The molecule has 18 heavy (non-hydrogen) atoms. The van der Waals surface area contributed by atoms with Crippen LogP contribution in [0, 0.1) is 23.2 Å². The molecular weight excluding hydrogens is 218 g/mol. The largest absolute Gasteiger partial charge is 0.314 e. The van der Waals surface area contributed by atoms with Crippen LogP contribution in [0.15, 0.2) is 0 Å². The zero-order chi connectivity index (χ0) is 13.2. The molecule has 0 amide bonds. The van der Waals surface area contributed by atoms with Gasteiger partial charge in [0.1, 0.15) is 0 Å². The summed E-state index contributed by atoms with van der Waals surface area (Å²) in [5.74, 6) is 2.80. The average Bonchev–Trinajstić information content (AvgIpc) is 2.83. The highest BCUT2D eigenvalue weighted by Crippen LogP contribution is 2.49. The molecule has 1 N–H and O–H groups in total. The van der Waals surface area contributed by atoms with E-state index in [2.05, 4.69) is 33.0 Å². The van der Waals surface area contributed by atoms with E-state index in [9.17, 15) is 0 Å². The van der Waals surface area contributed by atoms with Crippen LogP contribution in [0.2, 0.25) is 0 Å². The number of nitrogens with one attached hydrogen (secondary N) is 1. The van der Waals surface area contributed by atoms with Crippen LogP contribution in [0.5, 0.6) is 0 Å². The van der Waals surface area contributed by atoms with Crippen LogP contribution < -0.4 is 5.32 Å². The van der Waals surface area contributed by atoms with E-state index in [-0.39, 0.29) is 0 Å². The van der Waals surface area contributed by atoms with Gasteiger partial charge in [0.25, 0.3) is 0 Å². The maximum absolute atomic E-state index is 3.79. The predicted molar refractivity (Wildman–Crippen MR) is 79.7 cm³/mol. The third-order valence-corrected chi connectivity index (χ3v) is 5.94. The van der Waals surface area contributed by atoms with Crippen LogP contribution in [-0.2, 0) is 0 Å². The molecule has 2 aliphatic rings. The van der Waals surface area contributed by atoms with Crippen LogP contribution in [0.25, 0.3) is 0 Å². The normalized spacial score (nSPS) is 35.0. The van der Waals surface area contributed by atoms with Crippen LogP contribution in [0.1, 0.15) is 72.6 Å². The molecule has 2 saturated carbocycles. The van der Waals surface area contributed by atoms with E-state index in [0.717, 1.165) is 30.3 Å². The maximum atomic E-state index is 3.79. The fourth-order valence-corrected chi connectivity index (χ4v) is 4.73. The van der Waals surface area contributed by atoms with Crippen molar-refractivity contribution in [2.75, 3.05) is 6.54 Å². The molecule has 2 fully saturated rings. The molecule has 0 aromatic rings. The van der Waals surface area contributed by atoms with Gasteiger partial charge in [-0.3, -0.25) is 0 Å². The molecule has 0 heterocycles. The van der Waals surface area contributed by atoms with Crippen LogP contribution in [-0.4, -0.2) is 12.6 Å². The molecule has 1 nitrogen and oxygen atoms in total. The van der Waals surface area contributed by atoms with E-state index < -0.39 is 0 Å². The van der Waals surface area contributed by atoms with Gasteiger partial charge in [0.05, 0.1) is 0 Å². The van der Waals surface area contributed by atoms with Gasteiger partial charge >= 0.3 is 0 Å². The van der Waals surface area contributed by atoms with E-state index in [0.29, 0.717) is 5.41 Å². The van der Waals surface area contributed by atoms with Gasteiger partial charge < -0.3 is 5.32 Å². The van der Waals surface area contributed by atoms with Crippen molar-refractivity contribution in [2.24, 2.45) is 23.2 Å². The molecule has 0 spiro atoms. The molecule has 3 unspecified atom stereocenters. The van der Waals surface area contributed by atoms with Gasteiger partial charge in [-0.25, -0.2) is 0 Å². The standard InChI is InChI=1S/C17H33N/c1-5-18-16-12-13(2)10-11-15(16)17(3,4)14-8-6-7-9-14/h13-16,18H,5-12H2,1-4H3. The van der Waals surface area contributed by atoms with Crippen molar-refractivity contribution in [3.05, 3.63) is 0 Å². The molecule has 2 rings (SSSR count). The van der Waals surface area contributed by atoms with E-state index in [1.165, 1.54) is 44.9 Å². The molecule has 106 valence electrons. The molecule has 3 atom stereocenters. The van der Waals surface area contributed by atoms with Gasteiger partial charge in [-0.05, 0) is 55.4 Å². The number of rotatable bonds is 4. The van der Waals surface area contributed by atoms with Gasteiger partial charge in [-0.15, -0.1) is 0 Å². The third-order valence-electron chi connectivity index (χ3n) is 5.94. The molecular formula is C17H33N. The minimum atomic E-state index is 0.545. The smallest absolute Gasteiger partial charge is 0.0103 e. The van der Waals surface area contributed by atoms with Crippen LogP contribution in [0.4, 0.5) is 0 Å². The lowest BCUT2D eigenvalue weighted by molar-refractivity contribution is 0.0450. The summed E-state index contributed by atoms with van der Waals surface area (Å²) in [5.41, 5.74) is 0.545. The Balaban J connectivity index is 2.07. The van der Waals surface area contributed by atoms with Crippen molar-refractivity contribution in [1.82, 2.24) is 5.32 Å². The zero-order valence-electron chi connectivity index (χ0n) is 13.0. The summed E-state index contributed by atoms with van der Waals surface area (Å²) in [6.45, 7) is 11.0. The quantitative estimate of drug-likeness (QED) is 0.769. The topological polar surface area (TPSA) is 12.0 Å². The fraction of sp³-hybridized carbons (Fsp3) is 1.00. The first-order valence-corrected chi connectivity index (χ1v) is 8.29. The van der Waals surface area contributed by atoms with Crippen molar-refractivity contribution < 1.29 is 0 Å². The minimum absolute atomic E-state index is 0.545. The number of hydrogen-bond acceptors (Lipinski definition) is 1.